The zero-order valence-corrected chi connectivity index (χ0v) is 14.2. The molecule has 0 saturated carbocycles. The molecule has 7 unspecified atom stereocenters. The first-order valence-electron chi connectivity index (χ1n) is 9.02. The highest BCUT2D eigenvalue weighted by Gasteiger charge is 2.63. The van der Waals surface area contributed by atoms with Crippen molar-refractivity contribution in [2.45, 2.75) is 57.4 Å². The van der Waals surface area contributed by atoms with Crippen LogP contribution in [-0.4, -0.2) is 60.0 Å². The van der Waals surface area contributed by atoms with Gasteiger partial charge in [0.1, 0.15) is 6.04 Å². The van der Waals surface area contributed by atoms with Crippen LogP contribution in [0.3, 0.4) is 0 Å². The third kappa shape index (κ3) is 2.29. The summed E-state index contributed by atoms with van der Waals surface area (Å²) in [7, 11) is 0. The van der Waals surface area contributed by atoms with Gasteiger partial charge >= 0.3 is 0 Å². The van der Waals surface area contributed by atoms with Gasteiger partial charge in [-0.1, -0.05) is 6.92 Å². The van der Waals surface area contributed by atoms with E-state index >= 15 is 0 Å². The van der Waals surface area contributed by atoms with E-state index in [1.54, 1.807) is 6.92 Å². The molecule has 0 radical (unpaired) electrons. The number of hydrogen-bond donors (Lipinski definition) is 2. The Labute approximate surface area is 141 Å². The second-order valence-corrected chi connectivity index (χ2v) is 7.65. The number of amides is 3. The summed E-state index contributed by atoms with van der Waals surface area (Å²) in [5, 5.41) is 6.28. The van der Waals surface area contributed by atoms with Crippen molar-refractivity contribution in [2.75, 3.05) is 13.1 Å². The fourth-order valence-corrected chi connectivity index (χ4v) is 4.72. The minimum Gasteiger partial charge on any atom is -0.373 e. The molecule has 4 saturated heterocycles. The molecule has 0 aromatic heterocycles. The molecule has 4 fully saturated rings. The number of carbonyl (C=O) groups is 3. The summed E-state index contributed by atoms with van der Waals surface area (Å²) in [6, 6.07) is -0.718. The molecule has 7 atom stereocenters. The van der Waals surface area contributed by atoms with E-state index < -0.39 is 6.04 Å². The molecule has 0 spiro atoms. The van der Waals surface area contributed by atoms with Crippen molar-refractivity contribution < 1.29 is 19.1 Å². The van der Waals surface area contributed by atoms with Gasteiger partial charge in [-0.2, -0.15) is 0 Å². The SMILES string of the molecule is CC1CCNCC1NC(=O)C(C)N1C(=O)C2C3CCC(O3)C2C1=O. The second kappa shape index (κ2) is 5.81. The summed E-state index contributed by atoms with van der Waals surface area (Å²) in [5.41, 5.74) is 0. The molecule has 132 valence electrons. The van der Waals surface area contributed by atoms with Crippen LogP contribution in [0.15, 0.2) is 0 Å². The predicted molar refractivity (Wildman–Crippen MR) is 84.8 cm³/mol. The van der Waals surface area contributed by atoms with Crippen LogP contribution in [0.1, 0.15) is 33.1 Å². The summed E-state index contributed by atoms with van der Waals surface area (Å²) < 4.78 is 5.73. The highest BCUT2D eigenvalue weighted by molar-refractivity contribution is 6.09. The number of nitrogens with zero attached hydrogens (tertiary/aromatic N) is 1. The maximum atomic E-state index is 12.7. The molecule has 4 heterocycles. The van der Waals surface area contributed by atoms with Crippen molar-refractivity contribution in [3.63, 3.8) is 0 Å². The van der Waals surface area contributed by atoms with E-state index in [2.05, 4.69) is 17.6 Å². The largest absolute Gasteiger partial charge is 0.373 e. The standard InChI is InChI=1S/C17H25N3O4/c1-8-5-6-18-7-10(8)19-15(21)9(2)20-16(22)13-11-3-4-12(24-11)14(13)17(20)23/h8-14,18H,3-7H2,1-2H3,(H,19,21). The zero-order valence-electron chi connectivity index (χ0n) is 14.2. The Morgan fingerprint density at radius 2 is 1.83 bits per heavy atom. The van der Waals surface area contributed by atoms with E-state index in [0.29, 0.717) is 5.92 Å². The van der Waals surface area contributed by atoms with Gasteiger partial charge in [-0.3, -0.25) is 19.3 Å². The Morgan fingerprint density at radius 3 is 2.42 bits per heavy atom. The van der Waals surface area contributed by atoms with E-state index in [1.807, 2.05) is 0 Å². The summed E-state index contributed by atoms with van der Waals surface area (Å²) in [6.07, 6.45) is 2.40. The Hall–Kier alpha value is -1.47. The average Bonchev–Trinajstić information content (AvgIpc) is 3.23. The van der Waals surface area contributed by atoms with Gasteiger partial charge in [0.2, 0.25) is 17.7 Å². The smallest absolute Gasteiger partial charge is 0.243 e. The molecule has 3 amide bonds. The highest BCUT2D eigenvalue weighted by atomic mass is 16.5. The number of rotatable bonds is 3. The van der Waals surface area contributed by atoms with Crippen LogP contribution in [0.25, 0.3) is 0 Å². The molecule has 0 aliphatic carbocycles. The number of likely N-dealkylation sites (tertiary alicyclic amines) is 1. The van der Waals surface area contributed by atoms with E-state index in [9.17, 15) is 14.4 Å². The maximum absolute atomic E-state index is 12.7. The molecule has 0 aromatic carbocycles. The third-order valence-electron chi connectivity index (χ3n) is 6.24. The fraction of sp³-hybridized carbons (Fsp3) is 0.824. The quantitative estimate of drug-likeness (QED) is 0.689. The van der Waals surface area contributed by atoms with Crippen molar-refractivity contribution in [3.05, 3.63) is 0 Å². The van der Waals surface area contributed by atoms with Crippen molar-refractivity contribution >= 4 is 17.7 Å². The monoisotopic (exact) mass is 335 g/mol. The molecule has 4 rings (SSSR count). The van der Waals surface area contributed by atoms with Crippen molar-refractivity contribution in [1.29, 1.82) is 0 Å². The Morgan fingerprint density at radius 1 is 1.21 bits per heavy atom. The van der Waals surface area contributed by atoms with Crippen molar-refractivity contribution in [2.24, 2.45) is 17.8 Å². The second-order valence-electron chi connectivity index (χ2n) is 7.65. The number of ether oxygens (including phenoxy) is 1. The number of piperidine rings is 1. The van der Waals surface area contributed by atoms with Gasteiger partial charge in [0.05, 0.1) is 24.0 Å². The van der Waals surface area contributed by atoms with Gasteiger partial charge in [0.25, 0.3) is 0 Å². The Balaban J connectivity index is 1.46. The lowest BCUT2D eigenvalue weighted by Gasteiger charge is -2.32. The maximum Gasteiger partial charge on any atom is 0.243 e. The molecule has 7 heteroatoms. The summed E-state index contributed by atoms with van der Waals surface area (Å²) in [6.45, 7) is 5.45. The van der Waals surface area contributed by atoms with E-state index in [4.69, 9.17) is 4.74 Å². The number of hydrogen-bond acceptors (Lipinski definition) is 5. The lowest BCUT2D eigenvalue weighted by molar-refractivity contribution is -0.149. The number of imide groups is 1. The first-order valence-corrected chi connectivity index (χ1v) is 9.02. The van der Waals surface area contributed by atoms with Crippen molar-refractivity contribution in [1.82, 2.24) is 15.5 Å². The van der Waals surface area contributed by atoms with Crippen LogP contribution in [-0.2, 0) is 19.1 Å². The summed E-state index contributed by atoms with van der Waals surface area (Å²) >= 11 is 0. The van der Waals surface area contributed by atoms with Crippen LogP contribution in [0, 0.1) is 17.8 Å². The van der Waals surface area contributed by atoms with E-state index in [0.717, 1.165) is 32.4 Å². The Kier molecular flexibility index (Phi) is 3.88. The minimum atomic E-state index is -0.760. The topological polar surface area (TPSA) is 87.7 Å². The van der Waals surface area contributed by atoms with E-state index in [-0.39, 0.29) is 47.8 Å². The number of nitrogens with one attached hydrogen (secondary N) is 2. The lowest BCUT2D eigenvalue weighted by Crippen LogP contribution is -2.56. The fourth-order valence-electron chi connectivity index (χ4n) is 4.72. The molecule has 4 aliphatic heterocycles. The third-order valence-corrected chi connectivity index (χ3v) is 6.24. The normalized spacial score (nSPS) is 42.3. The summed E-state index contributed by atoms with van der Waals surface area (Å²) in [5.74, 6) is -1.06. The number of carbonyl (C=O) groups excluding carboxylic acids is 3. The van der Waals surface area contributed by atoms with Crippen molar-refractivity contribution in [3.8, 4) is 0 Å². The van der Waals surface area contributed by atoms with Gasteiger partial charge in [-0.15, -0.1) is 0 Å². The molecular formula is C17H25N3O4. The highest BCUT2D eigenvalue weighted by Crippen LogP contribution is 2.48. The predicted octanol–water partition coefficient (Wildman–Crippen LogP) is -0.348. The number of fused-ring (bicyclic) bond motifs is 5. The van der Waals surface area contributed by atoms with E-state index in [1.165, 1.54) is 4.90 Å². The molecule has 4 aliphatic rings. The molecule has 0 aromatic rings. The van der Waals surface area contributed by atoms with Gasteiger partial charge in [-0.25, -0.2) is 0 Å². The van der Waals surface area contributed by atoms with Gasteiger partial charge in [-0.05, 0) is 38.6 Å². The zero-order chi connectivity index (χ0) is 17.0. The van der Waals surface area contributed by atoms with Gasteiger partial charge in [0, 0.05) is 12.6 Å². The first-order chi connectivity index (χ1) is 11.5. The summed E-state index contributed by atoms with van der Waals surface area (Å²) in [4.78, 5) is 39.3. The molecule has 24 heavy (non-hydrogen) atoms. The first kappa shape index (κ1) is 16.0. The van der Waals surface area contributed by atoms with Gasteiger partial charge in [0.15, 0.2) is 0 Å². The van der Waals surface area contributed by atoms with Crippen LogP contribution >= 0.6 is 0 Å². The average molecular weight is 335 g/mol. The van der Waals surface area contributed by atoms with Crippen LogP contribution < -0.4 is 10.6 Å². The lowest BCUT2D eigenvalue weighted by atomic mass is 9.81. The van der Waals surface area contributed by atoms with Crippen LogP contribution in [0.4, 0.5) is 0 Å². The molecule has 2 N–H and O–H groups in total. The Bertz CT molecular complexity index is 552. The van der Waals surface area contributed by atoms with Crippen LogP contribution in [0.5, 0.6) is 0 Å². The molecule has 7 nitrogen and oxygen atoms in total. The van der Waals surface area contributed by atoms with Gasteiger partial charge < -0.3 is 15.4 Å². The van der Waals surface area contributed by atoms with Crippen LogP contribution in [0.2, 0.25) is 0 Å². The molecular weight excluding hydrogens is 310 g/mol. The minimum absolute atomic E-state index is 0.0421. The molecule has 2 bridgehead atoms.